The molecule has 232 valence electrons. The molecule has 0 N–H and O–H groups in total. The SMILES string of the molecule is C=C(C)C(=O)N1CCN(c2nc(OC[C@@H]3CCCN3C)c(C#N)c3c2CCN(c2cccc4cccc(F)c24)C3)C[C@H]1CC#N. The number of aromatic nitrogens is 1. The van der Waals surface area contributed by atoms with Crippen LogP contribution in [-0.2, 0) is 17.8 Å². The van der Waals surface area contributed by atoms with Crippen molar-refractivity contribution in [3.63, 3.8) is 0 Å². The van der Waals surface area contributed by atoms with Crippen molar-refractivity contribution in [2.45, 2.75) is 51.2 Å². The highest BCUT2D eigenvalue weighted by Crippen LogP contribution is 2.39. The number of rotatable bonds is 7. The Balaban J connectivity index is 1.40. The second-order valence-corrected chi connectivity index (χ2v) is 12.3. The number of nitriles is 2. The number of amides is 1. The fourth-order valence-electron chi connectivity index (χ4n) is 7.02. The highest BCUT2D eigenvalue weighted by molar-refractivity contribution is 5.95. The number of likely N-dealkylation sites (N-methyl/N-ethyl adjacent to an activating group) is 1. The van der Waals surface area contributed by atoms with E-state index in [4.69, 9.17) is 9.72 Å². The average molecular weight is 608 g/mol. The summed E-state index contributed by atoms with van der Waals surface area (Å²) in [7, 11) is 2.08. The lowest BCUT2D eigenvalue weighted by Crippen LogP contribution is -2.56. The molecule has 9 nitrogen and oxygen atoms in total. The fraction of sp³-hybridized carbons (Fsp3) is 0.429. The van der Waals surface area contributed by atoms with Gasteiger partial charge in [0.1, 0.15) is 29.9 Å². The molecular weight excluding hydrogens is 569 g/mol. The third-order valence-corrected chi connectivity index (χ3v) is 9.44. The van der Waals surface area contributed by atoms with Crippen LogP contribution in [0.3, 0.4) is 0 Å². The maximum atomic E-state index is 15.2. The molecule has 0 unspecified atom stereocenters. The molecule has 0 spiro atoms. The first-order valence-corrected chi connectivity index (χ1v) is 15.6. The van der Waals surface area contributed by atoms with Crippen molar-refractivity contribution in [2.24, 2.45) is 0 Å². The Morgan fingerprint density at radius 1 is 1.09 bits per heavy atom. The molecule has 2 atom stereocenters. The lowest BCUT2D eigenvalue weighted by atomic mass is 9.94. The van der Waals surface area contributed by atoms with Gasteiger partial charge in [0.15, 0.2) is 0 Å². The molecule has 3 aliphatic heterocycles. The number of hydrogen-bond donors (Lipinski definition) is 0. The molecule has 0 aliphatic carbocycles. The topological polar surface area (TPSA) is 99.7 Å². The van der Waals surface area contributed by atoms with E-state index in [1.54, 1.807) is 17.9 Å². The summed E-state index contributed by atoms with van der Waals surface area (Å²) in [6.07, 6.45) is 2.90. The molecule has 0 bridgehead atoms. The predicted molar refractivity (Wildman–Crippen MR) is 172 cm³/mol. The number of piperazine rings is 1. The Labute approximate surface area is 263 Å². The number of benzene rings is 2. The zero-order valence-corrected chi connectivity index (χ0v) is 25.9. The smallest absolute Gasteiger partial charge is 0.249 e. The van der Waals surface area contributed by atoms with E-state index in [1.807, 2.05) is 24.3 Å². The van der Waals surface area contributed by atoms with Crippen molar-refractivity contribution >= 4 is 28.2 Å². The average Bonchev–Trinajstić information content (AvgIpc) is 3.46. The highest BCUT2D eigenvalue weighted by atomic mass is 19.1. The van der Waals surface area contributed by atoms with Gasteiger partial charge in [-0.25, -0.2) is 4.39 Å². The normalized spacial score (nSPS) is 20.1. The molecule has 3 aliphatic rings. The van der Waals surface area contributed by atoms with Crippen LogP contribution in [0.25, 0.3) is 10.8 Å². The number of hydrogen-bond acceptors (Lipinski definition) is 8. The maximum Gasteiger partial charge on any atom is 0.249 e. The second-order valence-electron chi connectivity index (χ2n) is 12.3. The first-order chi connectivity index (χ1) is 21.8. The van der Waals surface area contributed by atoms with E-state index in [2.05, 4.69) is 40.5 Å². The number of anilines is 2. The number of pyridine rings is 1. The van der Waals surface area contributed by atoms with Crippen LogP contribution in [0.4, 0.5) is 15.9 Å². The van der Waals surface area contributed by atoms with Gasteiger partial charge in [0.2, 0.25) is 11.8 Å². The molecule has 2 fully saturated rings. The van der Waals surface area contributed by atoms with Gasteiger partial charge in [-0.1, -0.05) is 30.8 Å². The van der Waals surface area contributed by atoms with Crippen LogP contribution in [0.1, 0.15) is 42.9 Å². The summed E-state index contributed by atoms with van der Waals surface area (Å²) in [4.78, 5) is 26.2. The standard InChI is InChI=1S/C35H38FN7O2/c1-23(2)35(44)43-18-17-42(20-25(43)12-14-37)33-27-13-16-41(31-11-5-8-24-7-4-10-30(36)32(24)31)21-29(27)28(19-38)34(39-33)45-22-26-9-6-15-40(26)3/h4-5,7-8,10-11,25-26H,1,6,9,12-13,15-18,20-22H2,2-3H3/t25-,26+/m1/s1. The van der Waals surface area contributed by atoms with E-state index in [1.165, 1.54) is 6.07 Å². The van der Waals surface area contributed by atoms with Crippen molar-refractivity contribution in [3.05, 3.63) is 71.1 Å². The Morgan fingerprint density at radius 3 is 2.60 bits per heavy atom. The predicted octanol–water partition coefficient (Wildman–Crippen LogP) is 4.79. The zero-order chi connectivity index (χ0) is 31.7. The van der Waals surface area contributed by atoms with Crippen molar-refractivity contribution in [1.29, 1.82) is 10.5 Å². The number of likely N-dealkylation sites (tertiary alicyclic amines) is 1. The molecule has 1 aromatic heterocycles. The van der Waals surface area contributed by atoms with Crippen molar-refractivity contribution in [2.75, 3.05) is 56.2 Å². The molecule has 2 aromatic carbocycles. The summed E-state index contributed by atoms with van der Waals surface area (Å²) in [5.41, 5.74) is 3.43. The maximum absolute atomic E-state index is 15.2. The molecule has 1 amide bonds. The van der Waals surface area contributed by atoms with Gasteiger partial charge >= 0.3 is 0 Å². The van der Waals surface area contributed by atoms with E-state index in [9.17, 15) is 15.3 Å². The molecule has 10 heteroatoms. The van der Waals surface area contributed by atoms with Crippen LogP contribution in [-0.4, -0.2) is 79.2 Å². The number of carbonyl (C=O) groups excluding carboxylic acids is 1. The number of nitrogens with zero attached hydrogens (tertiary/aromatic N) is 7. The van der Waals surface area contributed by atoms with Gasteiger partial charge in [0, 0.05) is 66.5 Å². The Bertz CT molecular complexity index is 1720. The number of ether oxygens (including phenoxy) is 1. The van der Waals surface area contributed by atoms with E-state index in [0.29, 0.717) is 68.2 Å². The summed E-state index contributed by atoms with van der Waals surface area (Å²) in [6, 6.07) is 15.4. The van der Waals surface area contributed by atoms with Crippen LogP contribution in [0.2, 0.25) is 0 Å². The minimum Gasteiger partial charge on any atom is -0.475 e. The number of halogens is 1. The zero-order valence-electron chi connectivity index (χ0n) is 25.9. The lowest BCUT2D eigenvalue weighted by Gasteiger charge is -2.43. The summed E-state index contributed by atoms with van der Waals surface area (Å²) >= 11 is 0. The van der Waals surface area contributed by atoms with Crippen LogP contribution >= 0.6 is 0 Å². The van der Waals surface area contributed by atoms with Gasteiger partial charge < -0.3 is 24.3 Å². The summed E-state index contributed by atoms with van der Waals surface area (Å²) in [5.74, 6) is 0.607. The van der Waals surface area contributed by atoms with Crippen molar-refractivity contribution < 1.29 is 13.9 Å². The van der Waals surface area contributed by atoms with Gasteiger partial charge in [-0.15, -0.1) is 0 Å². The van der Waals surface area contributed by atoms with Gasteiger partial charge in [0.25, 0.3) is 0 Å². The molecule has 2 saturated heterocycles. The lowest BCUT2D eigenvalue weighted by molar-refractivity contribution is -0.129. The van der Waals surface area contributed by atoms with Crippen LogP contribution in [0.5, 0.6) is 5.88 Å². The quantitative estimate of drug-likeness (QED) is 0.354. The third kappa shape index (κ3) is 5.79. The van der Waals surface area contributed by atoms with E-state index in [-0.39, 0.29) is 30.2 Å². The van der Waals surface area contributed by atoms with Gasteiger partial charge in [-0.3, -0.25) is 4.79 Å². The second kappa shape index (κ2) is 12.7. The minimum absolute atomic E-state index is 0.146. The van der Waals surface area contributed by atoms with Gasteiger partial charge in [0.05, 0.1) is 18.5 Å². The molecular formula is C35H38FN7O2. The third-order valence-electron chi connectivity index (χ3n) is 9.44. The van der Waals surface area contributed by atoms with Crippen LogP contribution < -0.4 is 14.5 Å². The number of carbonyl (C=O) groups is 1. The molecule has 3 aromatic rings. The minimum atomic E-state index is -0.323. The summed E-state index contributed by atoms with van der Waals surface area (Å²) < 4.78 is 21.5. The monoisotopic (exact) mass is 607 g/mol. The molecule has 0 radical (unpaired) electrons. The first-order valence-electron chi connectivity index (χ1n) is 15.6. The van der Waals surface area contributed by atoms with E-state index < -0.39 is 0 Å². The fourth-order valence-corrected chi connectivity index (χ4v) is 7.02. The van der Waals surface area contributed by atoms with E-state index >= 15 is 4.39 Å². The highest BCUT2D eigenvalue weighted by Gasteiger charge is 2.35. The molecule has 6 rings (SSSR count). The van der Waals surface area contributed by atoms with E-state index in [0.717, 1.165) is 47.4 Å². The first kappa shape index (κ1) is 30.4. The van der Waals surface area contributed by atoms with Crippen molar-refractivity contribution in [1.82, 2.24) is 14.8 Å². The Hall–Kier alpha value is -4.67. The molecule has 0 saturated carbocycles. The Kier molecular flexibility index (Phi) is 8.60. The molecule has 4 heterocycles. The van der Waals surface area contributed by atoms with Gasteiger partial charge in [-0.05, 0) is 57.3 Å². The Morgan fingerprint density at radius 2 is 1.89 bits per heavy atom. The van der Waals surface area contributed by atoms with Crippen LogP contribution in [0, 0.1) is 28.5 Å². The summed E-state index contributed by atoms with van der Waals surface area (Å²) in [6.45, 7) is 9.34. The van der Waals surface area contributed by atoms with Gasteiger partial charge in [-0.2, -0.15) is 15.5 Å². The summed E-state index contributed by atoms with van der Waals surface area (Å²) in [5, 5.41) is 21.5. The van der Waals surface area contributed by atoms with Crippen molar-refractivity contribution in [3.8, 4) is 18.0 Å². The van der Waals surface area contributed by atoms with Crippen LogP contribution in [0.15, 0.2) is 48.6 Å². The largest absolute Gasteiger partial charge is 0.475 e. The number of fused-ring (bicyclic) bond motifs is 2. The molecule has 45 heavy (non-hydrogen) atoms.